The second kappa shape index (κ2) is 14.0. The van der Waals surface area contributed by atoms with E-state index in [2.05, 4.69) is 13.8 Å². The number of aliphatic hydroxyl groups is 1. The van der Waals surface area contributed by atoms with Crippen molar-refractivity contribution in [3.63, 3.8) is 0 Å². The summed E-state index contributed by atoms with van der Waals surface area (Å²) >= 11 is 0. The first-order chi connectivity index (χ1) is 7.24. The minimum absolute atomic E-state index is 0. The van der Waals surface area contributed by atoms with Gasteiger partial charge in [0.2, 0.25) is 0 Å². The van der Waals surface area contributed by atoms with E-state index in [-0.39, 0.29) is 42.8 Å². The van der Waals surface area contributed by atoms with Crippen molar-refractivity contribution in [2.24, 2.45) is 5.92 Å². The van der Waals surface area contributed by atoms with Crippen LogP contribution in [0.3, 0.4) is 0 Å². The minimum Gasteiger partial charge on any atom is -0.394 e. The van der Waals surface area contributed by atoms with E-state index in [1.807, 2.05) is 0 Å². The van der Waals surface area contributed by atoms with E-state index in [9.17, 15) is 4.57 Å². The molecule has 0 amide bonds. The smallest absolute Gasteiger partial charge is 0.394 e. The number of unbranched alkanes of at least 4 members (excludes halogenated alkanes) is 1. The summed E-state index contributed by atoms with van der Waals surface area (Å²) in [4.78, 5) is 0. The largest absolute Gasteiger partial charge is 0.697 e. The van der Waals surface area contributed by atoms with Gasteiger partial charge in [-0.25, -0.2) is 0 Å². The van der Waals surface area contributed by atoms with Crippen LogP contribution in [0.4, 0.5) is 0 Å². The number of rotatable bonds is 10. The van der Waals surface area contributed by atoms with Gasteiger partial charge in [-0.15, -0.1) is 9.05 Å². The van der Waals surface area contributed by atoms with E-state index in [0.717, 1.165) is 12.8 Å². The molecule has 16 heavy (non-hydrogen) atoms. The standard InChI is InChI=1S/C10H22O4P.Na/c1-3-5-6-10(4-2)9-14-15(12)13-8-7-11;/h10-11H,3-9H2,1-2H3;/q+1;. The van der Waals surface area contributed by atoms with Gasteiger partial charge in [-0.1, -0.05) is 33.1 Å². The summed E-state index contributed by atoms with van der Waals surface area (Å²) in [6.45, 7) is 4.68. The Labute approximate surface area is 121 Å². The molecule has 1 radical (unpaired) electrons. The summed E-state index contributed by atoms with van der Waals surface area (Å²) < 4.78 is 20.9. The SMILES string of the molecule is CCCCC(CC)CO[P+](=O)OCCO.[Na]. The van der Waals surface area contributed by atoms with Crippen molar-refractivity contribution in [3.8, 4) is 0 Å². The Kier molecular flexibility index (Phi) is 17.0. The van der Waals surface area contributed by atoms with E-state index in [1.165, 1.54) is 12.8 Å². The van der Waals surface area contributed by atoms with Crippen LogP contribution in [0.25, 0.3) is 0 Å². The van der Waals surface area contributed by atoms with Crippen LogP contribution in [0, 0.1) is 5.92 Å². The van der Waals surface area contributed by atoms with Gasteiger partial charge in [0.05, 0.1) is 6.61 Å². The van der Waals surface area contributed by atoms with Gasteiger partial charge in [-0.05, 0) is 12.3 Å². The van der Waals surface area contributed by atoms with Crippen LogP contribution < -0.4 is 0 Å². The molecule has 2 unspecified atom stereocenters. The number of hydrogen-bond donors (Lipinski definition) is 1. The summed E-state index contributed by atoms with van der Waals surface area (Å²) in [5, 5.41) is 8.45. The molecule has 0 saturated heterocycles. The summed E-state index contributed by atoms with van der Waals surface area (Å²) in [5.74, 6) is 0.460. The van der Waals surface area contributed by atoms with Crippen molar-refractivity contribution < 1.29 is 18.7 Å². The summed E-state index contributed by atoms with van der Waals surface area (Å²) in [6, 6.07) is 0. The molecule has 0 aliphatic carbocycles. The van der Waals surface area contributed by atoms with Gasteiger partial charge >= 0.3 is 8.25 Å². The van der Waals surface area contributed by atoms with Gasteiger partial charge in [0.15, 0.2) is 0 Å². The zero-order chi connectivity index (χ0) is 11.5. The van der Waals surface area contributed by atoms with E-state index >= 15 is 0 Å². The van der Waals surface area contributed by atoms with Crippen LogP contribution in [-0.2, 0) is 13.6 Å². The first-order valence-corrected chi connectivity index (χ1v) is 6.68. The van der Waals surface area contributed by atoms with Gasteiger partial charge in [-0.2, -0.15) is 0 Å². The molecule has 91 valence electrons. The van der Waals surface area contributed by atoms with Gasteiger partial charge in [-0.3, -0.25) is 0 Å². The molecule has 0 aromatic carbocycles. The fourth-order valence-electron chi connectivity index (χ4n) is 1.22. The fourth-order valence-corrected chi connectivity index (χ4v) is 1.85. The van der Waals surface area contributed by atoms with Gasteiger partial charge in [0.25, 0.3) is 0 Å². The normalized spacial score (nSPS) is 13.1. The van der Waals surface area contributed by atoms with Crippen molar-refractivity contribution in [2.45, 2.75) is 39.5 Å². The molecule has 1 N–H and O–H groups in total. The third-order valence-electron chi connectivity index (χ3n) is 2.25. The molecule has 0 spiro atoms. The molecule has 2 atom stereocenters. The Balaban J connectivity index is 0. The molecule has 0 aromatic rings. The maximum atomic E-state index is 11.1. The van der Waals surface area contributed by atoms with Crippen LogP contribution in [0.15, 0.2) is 0 Å². The van der Waals surface area contributed by atoms with Crippen LogP contribution in [0.1, 0.15) is 39.5 Å². The molecular weight excluding hydrogens is 238 g/mol. The number of hydrogen-bond acceptors (Lipinski definition) is 4. The van der Waals surface area contributed by atoms with Crippen molar-refractivity contribution in [3.05, 3.63) is 0 Å². The Bertz CT molecular complexity index is 169. The maximum Gasteiger partial charge on any atom is 0.697 e. The molecule has 0 aliphatic heterocycles. The van der Waals surface area contributed by atoms with E-state index in [1.54, 1.807) is 0 Å². The van der Waals surface area contributed by atoms with Crippen molar-refractivity contribution in [1.29, 1.82) is 0 Å². The van der Waals surface area contributed by atoms with Crippen molar-refractivity contribution in [1.82, 2.24) is 0 Å². The van der Waals surface area contributed by atoms with Crippen LogP contribution >= 0.6 is 8.25 Å². The van der Waals surface area contributed by atoms with E-state index in [0.29, 0.717) is 12.5 Å². The maximum absolute atomic E-state index is 11.1. The predicted octanol–water partition coefficient (Wildman–Crippen LogP) is 2.50. The van der Waals surface area contributed by atoms with Crippen molar-refractivity contribution in [2.75, 3.05) is 19.8 Å². The van der Waals surface area contributed by atoms with Crippen molar-refractivity contribution >= 4 is 37.8 Å². The third-order valence-corrected chi connectivity index (χ3v) is 3.00. The second-order valence-electron chi connectivity index (χ2n) is 3.49. The van der Waals surface area contributed by atoms with Gasteiger partial charge < -0.3 is 5.11 Å². The summed E-state index contributed by atoms with van der Waals surface area (Å²) in [5.41, 5.74) is 0. The molecule has 4 nitrogen and oxygen atoms in total. The zero-order valence-electron chi connectivity index (χ0n) is 10.6. The van der Waals surface area contributed by atoms with Gasteiger partial charge in [0.1, 0.15) is 13.2 Å². The Morgan fingerprint density at radius 2 is 2.00 bits per heavy atom. The molecule has 0 heterocycles. The minimum atomic E-state index is -2.05. The molecule has 0 bridgehead atoms. The average Bonchev–Trinajstić information content (AvgIpc) is 2.26. The fraction of sp³-hybridized carbons (Fsp3) is 1.00. The molecule has 0 saturated carbocycles. The Morgan fingerprint density at radius 1 is 1.31 bits per heavy atom. The average molecular weight is 260 g/mol. The number of aliphatic hydroxyl groups excluding tert-OH is 1. The zero-order valence-corrected chi connectivity index (χ0v) is 13.5. The molecule has 0 aliphatic rings. The molecular formula is C10H22NaO4P+. The van der Waals surface area contributed by atoms with E-state index in [4.69, 9.17) is 14.2 Å². The first kappa shape index (κ1) is 19.3. The molecule has 0 fully saturated rings. The second-order valence-corrected chi connectivity index (χ2v) is 4.46. The monoisotopic (exact) mass is 260 g/mol. The topological polar surface area (TPSA) is 55.8 Å². The van der Waals surface area contributed by atoms with Crippen LogP contribution in [-0.4, -0.2) is 54.5 Å². The first-order valence-electron chi connectivity index (χ1n) is 5.58. The molecule has 0 rings (SSSR count). The summed E-state index contributed by atoms with van der Waals surface area (Å²) in [6.07, 6.45) is 4.49. The van der Waals surface area contributed by atoms with Crippen LogP contribution in [0.2, 0.25) is 0 Å². The Morgan fingerprint density at radius 3 is 2.50 bits per heavy atom. The molecule has 6 heteroatoms. The summed E-state index contributed by atoms with van der Waals surface area (Å²) in [7, 11) is -2.05. The third kappa shape index (κ3) is 11.5. The quantitative estimate of drug-likeness (QED) is 0.484. The Hall–Kier alpha value is 0.980. The molecule has 0 aromatic heterocycles. The van der Waals surface area contributed by atoms with Gasteiger partial charge in [0, 0.05) is 34.1 Å². The predicted molar refractivity (Wildman–Crippen MR) is 65.7 cm³/mol. The van der Waals surface area contributed by atoms with Crippen LogP contribution in [0.5, 0.6) is 0 Å². The van der Waals surface area contributed by atoms with E-state index < -0.39 is 8.25 Å².